The average Bonchev–Trinajstić information content (AvgIpc) is 2.04. The van der Waals surface area contributed by atoms with Crippen molar-refractivity contribution < 1.29 is 0 Å². The van der Waals surface area contributed by atoms with E-state index in [0.717, 1.165) is 5.92 Å². The molecule has 1 heterocycles. The van der Waals surface area contributed by atoms with Gasteiger partial charge in [-0.25, -0.2) is 0 Å². The minimum atomic E-state index is 0.285. The molecule has 1 aliphatic heterocycles. The molecule has 0 aliphatic carbocycles. The van der Waals surface area contributed by atoms with Crippen LogP contribution in [0.25, 0.3) is 0 Å². The Morgan fingerprint density at radius 1 is 1.23 bits per heavy atom. The van der Waals surface area contributed by atoms with Gasteiger partial charge in [-0.2, -0.15) is 0 Å². The van der Waals surface area contributed by atoms with E-state index < -0.39 is 0 Å². The van der Waals surface area contributed by atoms with Crippen molar-refractivity contribution in [2.45, 2.75) is 45.6 Å². The monoisotopic (exact) mass is 184 g/mol. The predicted octanol–water partition coefficient (Wildman–Crippen LogP) is 1.76. The van der Waals surface area contributed by atoms with Crippen LogP contribution in [0, 0.1) is 5.92 Å². The molecule has 1 saturated heterocycles. The molecule has 2 heteroatoms. The third-order valence-corrected chi connectivity index (χ3v) is 2.67. The minimum Gasteiger partial charge on any atom is -0.317 e. The Morgan fingerprint density at radius 2 is 1.85 bits per heavy atom. The smallest absolute Gasteiger partial charge is 0.00965 e. The van der Waals surface area contributed by atoms with E-state index in [0.29, 0.717) is 0 Å². The highest BCUT2D eigenvalue weighted by Crippen LogP contribution is 2.15. The predicted molar refractivity (Wildman–Crippen MR) is 58.0 cm³/mol. The lowest BCUT2D eigenvalue weighted by molar-refractivity contribution is 0.326. The minimum absolute atomic E-state index is 0.285. The Morgan fingerprint density at radius 3 is 2.38 bits per heavy atom. The maximum atomic E-state index is 3.55. The van der Waals surface area contributed by atoms with Gasteiger partial charge in [-0.05, 0) is 65.6 Å². The molecule has 0 aromatic heterocycles. The van der Waals surface area contributed by atoms with Gasteiger partial charge in [-0.3, -0.25) is 0 Å². The molecule has 1 aliphatic rings. The summed E-state index contributed by atoms with van der Waals surface area (Å²) in [5.41, 5.74) is 0.285. The summed E-state index contributed by atoms with van der Waals surface area (Å²) in [6.45, 7) is 10.3. The van der Waals surface area contributed by atoms with Crippen molar-refractivity contribution in [2.75, 3.05) is 19.6 Å². The zero-order valence-electron chi connectivity index (χ0n) is 9.32. The van der Waals surface area contributed by atoms with Crippen LogP contribution >= 0.6 is 0 Å². The summed E-state index contributed by atoms with van der Waals surface area (Å²) < 4.78 is 0. The number of rotatable bonds is 3. The molecule has 1 rings (SSSR count). The summed E-state index contributed by atoms with van der Waals surface area (Å²) in [6, 6.07) is 0. The van der Waals surface area contributed by atoms with E-state index in [4.69, 9.17) is 0 Å². The van der Waals surface area contributed by atoms with Crippen LogP contribution in [-0.2, 0) is 0 Å². The van der Waals surface area contributed by atoms with Gasteiger partial charge in [0.1, 0.15) is 0 Å². The van der Waals surface area contributed by atoms with Gasteiger partial charge in [0.15, 0.2) is 0 Å². The van der Waals surface area contributed by atoms with Crippen LogP contribution in [0.3, 0.4) is 0 Å². The summed E-state index contributed by atoms with van der Waals surface area (Å²) in [5.74, 6) is 0.955. The van der Waals surface area contributed by atoms with E-state index >= 15 is 0 Å². The van der Waals surface area contributed by atoms with E-state index in [1.807, 2.05) is 0 Å². The molecule has 13 heavy (non-hydrogen) atoms. The molecular formula is C11H24N2. The first-order chi connectivity index (χ1) is 6.08. The fourth-order valence-electron chi connectivity index (χ4n) is 1.82. The Bertz CT molecular complexity index is 132. The fourth-order valence-corrected chi connectivity index (χ4v) is 1.82. The van der Waals surface area contributed by atoms with Crippen molar-refractivity contribution in [3.63, 3.8) is 0 Å². The van der Waals surface area contributed by atoms with Gasteiger partial charge >= 0.3 is 0 Å². The molecule has 0 spiro atoms. The van der Waals surface area contributed by atoms with Crippen molar-refractivity contribution in [1.82, 2.24) is 10.6 Å². The summed E-state index contributed by atoms with van der Waals surface area (Å²) in [4.78, 5) is 0. The van der Waals surface area contributed by atoms with E-state index in [9.17, 15) is 0 Å². The quantitative estimate of drug-likeness (QED) is 0.698. The maximum Gasteiger partial charge on any atom is 0.00965 e. The highest BCUT2D eigenvalue weighted by molar-refractivity contribution is 4.73. The van der Waals surface area contributed by atoms with Crippen molar-refractivity contribution in [1.29, 1.82) is 0 Å². The highest BCUT2D eigenvalue weighted by Gasteiger charge is 2.14. The summed E-state index contributed by atoms with van der Waals surface area (Å²) >= 11 is 0. The second kappa shape index (κ2) is 4.97. The van der Waals surface area contributed by atoms with E-state index in [2.05, 4.69) is 31.4 Å². The van der Waals surface area contributed by atoms with E-state index in [-0.39, 0.29) is 5.54 Å². The lowest BCUT2D eigenvalue weighted by atomic mass is 9.94. The highest BCUT2D eigenvalue weighted by atomic mass is 14.9. The number of hydrogen-bond acceptors (Lipinski definition) is 2. The number of nitrogens with one attached hydrogen (secondary N) is 2. The fraction of sp³-hybridized carbons (Fsp3) is 1.00. The molecular weight excluding hydrogens is 160 g/mol. The van der Waals surface area contributed by atoms with Crippen molar-refractivity contribution in [3.05, 3.63) is 0 Å². The van der Waals surface area contributed by atoms with Gasteiger partial charge in [0.2, 0.25) is 0 Å². The third kappa shape index (κ3) is 5.27. The molecule has 2 nitrogen and oxygen atoms in total. The maximum absolute atomic E-state index is 3.55. The van der Waals surface area contributed by atoms with Gasteiger partial charge in [0.05, 0.1) is 0 Å². The van der Waals surface area contributed by atoms with Gasteiger partial charge in [-0.15, -0.1) is 0 Å². The first kappa shape index (κ1) is 11.0. The largest absolute Gasteiger partial charge is 0.317 e. The topological polar surface area (TPSA) is 24.1 Å². The van der Waals surface area contributed by atoms with Crippen molar-refractivity contribution >= 4 is 0 Å². The van der Waals surface area contributed by atoms with Gasteiger partial charge in [0.25, 0.3) is 0 Å². The third-order valence-electron chi connectivity index (χ3n) is 2.67. The van der Waals surface area contributed by atoms with Crippen LogP contribution in [-0.4, -0.2) is 25.2 Å². The first-order valence-electron chi connectivity index (χ1n) is 5.54. The van der Waals surface area contributed by atoms with Crippen LogP contribution in [0.5, 0.6) is 0 Å². The van der Waals surface area contributed by atoms with Gasteiger partial charge in [-0.1, -0.05) is 0 Å². The normalized spacial score (nSPS) is 20.5. The SMILES string of the molecule is CC(C)(C)NCCC1CCNCC1. The van der Waals surface area contributed by atoms with Crippen LogP contribution in [0.2, 0.25) is 0 Å². The molecule has 0 amide bonds. The Labute approximate surface area is 82.5 Å². The van der Waals surface area contributed by atoms with E-state index in [1.54, 1.807) is 0 Å². The molecule has 0 atom stereocenters. The number of hydrogen-bond donors (Lipinski definition) is 2. The lowest BCUT2D eigenvalue weighted by Crippen LogP contribution is -2.38. The summed E-state index contributed by atoms with van der Waals surface area (Å²) in [5, 5.41) is 6.95. The number of piperidine rings is 1. The Balaban J connectivity index is 2.04. The molecule has 0 aromatic rings. The van der Waals surface area contributed by atoms with Crippen LogP contribution in [0.15, 0.2) is 0 Å². The van der Waals surface area contributed by atoms with Crippen LogP contribution in [0.1, 0.15) is 40.0 Å². The molecule has 2 N–H and O–H groups in total. The van der Waals surface area contributed by atoms with Crippen LogP contribution < -0.4 is 10.6 Å². The zero-order valence-corrected chi connectivity index (χ0v) is 9.32. The van der Waals surface area contributed by atoms with Gasteiger partial charge in [0, 0.05) is 5.54 Å². The summed E-state index contributed by atoms with van der Waals surface area (Å²) in [7, 11) is 0. The van der Waals surface area contributed by atoms with Crippen molar-refractivity contribution in [2.24, 2.45) is 5.92 Å². The second-order valence-electron chi connectivity index (χ2n) is 5.16. The molecule has 0 bridgehead atoms. The molecule has 0 saturated carbocycles. The standard InChI is InChI=1S/C11H24N2/c1-11(2,3)13-9-6-10-4-7-12-8-5-10/h10,12-13H,4-9H2,1-3H3. The Kier molecular flexibility index (Phi) is 4.20. The zero-order chi connectivity index (χ0) is 9.73. The first-order valence-corrected chi connectivity index (χ1v) is 5.54. The molecule has 0 radical (unpaired) electrons. The lowest BCUT2D eigenvalue weighted by Gasteiger charge is -2.25. The van der Waals surface area contributed by atoms with Crippen molar-refractivity contribution in [3.8, 4) is 0 Å². The van der Waals surface area contributed by atoms with E-state index in [1.165, 1.54) is 38.9 Å². The summed E-state index contributed by atoms with van der Waals surface area (Å²) in [6.07, 6.45) is 4.08. The van der Waals surface area contributed by atoms with Gasteiger partial charge < -0.3 is 10.6 Å². The average molecular weight is 184 g/mol. The van der Waals surface area contributed by atoms with Crippen LogP contribution in [0.4, 0.5) is 0 Å². The molecule has 0 unspecified atom stereocenters. The Hall–Kier alpha value is -0.0800. The molecule has 0 aromatic carbocycles. The second-order valence-corrected chi connectivity index (χ2v) is 5.16. The molecule has 1 fully saturated rings. The molecule has 78 valence electrons.